The van der Waals surface area contributed by atoms with Gasteiger partial charge < -0.3 is 5.32 Å². The maximum absolute atomic E-state index is 6.09. The monoisotopic (exact) mass is 273 g/mol. The van der Waals surface area contributed by atoms with Crippen molar-refractivity contribution in [2.24, 2.45) is 0 Å². The highest BCUT2D eigenvalue weighted by Gasteiger charge is 2.09. The van der Waals surface area contributed by atoms with Crippen LogP contribution in [0.3, 0.4) is 0 Å². The van der Waals surface area contributed by atoms with Crippen LogP contribution in [0.5, 0.6) is 0 Å². The average Bonchev–Trinajstić information content (AvgIpc) is 2.67. The summed E-state index contributed by atoms with van der Waals surface area (Å²) in [6.45, 7) is 0.711. The highest BCUT2D eigenvalue weighted by Crippen LogP contribution is 2.31. The minimum atomic E-state index is 0.597. The van der Waals surface area contributed by atoms with Crippen LogP contribution in [-0.4, -0.2) is 17.2 Å². The van der Waals surface area contributed by atoms with Crippen LogP contribution in [0.1, 0.15) is 5.01 Å². The van der Waals surface area contributed by atoms with Crippen LogP contribution in [0.4, 0.5) is 0 Å². The number of nitrogens with zero attached hydrogens (tertiary/aromatic N) is 2. The molecule has 1 heterocycles. The molecule has 16 heavy (non-hydrogen) atoms. The van der Waals surface area contributed by atoms with Crippen molar-refractivity contribution in [1.29, 1.82) is 0 Å². The lowest BCUT2D eigenvalue weighted by Crippen LogP contribution is -2.04. The zero-order valence-corrected chi connectivity index (χ0v) is 10.8. The molecule has 0 amide bonds. The SMILES string of the molecule is CNCc1nnc(-c2ccc(Cl)cc2Cl)s1. The Morgan fingerprint density at radius 3 is 2.81 bits per heavy atom. The van der Waals surface area contributed by atoms with E-state index in [1.165, 1.54) is 11.3 Å². The summed E-state index contributed by atoms with van der Waals surface area (Å²) < 4.78 is 0. The third-order valence-corrected chi connectivity index (χ3v) is 3.46. The molecule has 0 aliphatic carbocycles. The molecular formula is C10H9Cl2N3S. The average molecular weight is 274 g/mol. The molecule has 3 nitrogen and oxygen atoms in total. The number of hydrogen-bond acceptors (Lipinski definition) is 4. The van der Waals surface area contributed by atoms with Crippen molar-refractivity contribution in [3.8, 4) is 10.6 Å². The second-order valence-electron chi connectivity index (χ2n) is 3.16. The molecule has 0 aliphatic heterocycles. The third kappa shape index (κ3) is 2.52. The highest BCUT2D eigenvalue weighted by molar-refractivity contribution is 7.14. The van der Waals surface area contributed by atoms with Crippen LogP contribution in [0, 0.1) is 0 Å². The Hall–Kier alpha value is -0.680. The lowest BCUT2D eigenvalue weighted by molar-refractivity contribution is 0.795. The molecule has 0 radical (unpaired) electrons. The van der Waals surface area contributed by atoms with Gasteiger partial charge in [-0.15, -0.1) is 10.2 Å². The standard InChI is InChI=1S/C10H9Cl2N3S/c1-13-5-9-14-15-10(16-9)7-3-2-6(11)4-8(7)12/h2-4,13H,5H2,1H3. The molecule has 2 aromatic rings. The number of hydrogen-bond donors (Lipinski definition) is 1. The van der Waals surface area contributed by atoms with Crippen molar-refractivity contribution in [2.45, 2.75) is 6.54 Å². The van der Waals surface area contributed by atoms with E-state index in [1.54, 1.807) is 12.1 Å². The minimum Gasteiger partial charge on any atom is -0.313 e. The number of rotatable bonds is 3. The van der Waals surface area contributed by atoms with E-state index in [0.717, 1.165) is 15.6 Å². The summed E-state index contributed by atoms with van der Waals surface area (Å²) in [5, 5.41) is 14.1. The predicted octanol–water partition coefficient (Wildman–Crippen LogP) is 3.23. The molecule has 6 heteroatoms. The molecule has 0 aliphatic rings. The van der Waals surface area contributed by atoms with E-state index < -0.39 is 0 Å². The fourth-order valence-corrected chi connectivity index (χ4v) is 2.69. The Morgan fingerprint density at radius 2 is 2.12 bits per heavy atom. The van der Waals surface area contributed by atoms with Gasteiger partial charge in [0, 0.05) is 17.1 Å². The molecule has 0 saturated carbocycles. The molecule has 1 N–H and O–H groups in total. The molecule has 1 aromatic carbocycles. The topological polar surface area (TPSA) is 37.8 Å². The fraction of sp³-hybridized carbons (Fsp3) is 0.200. The van der Waals surface area contributed by atoms with Gasteiger partial charge in [0.2, 0.25) is 0 Å². The van der Waals surface area contributed by atoms with Gasteiger partial charge >= 0.3 is 0 Å². The van der Waals surface area contributed by atoms with Gasteiger partial charge in [0.1, 0.15) is 10.0 Å². The van der Waals surface area contributed by atoms with Crippen molar-refractivity contribution < 1.29 is 0 Å². The van der Waals surface area contributed by atoms with Gasteiger partial charge in [-0.1, -0.05) is 34.5 Å². The maximum atomic E-state index is 6.09. The molecular weight excluding hydrogens is 265 g/mol. The molecule has 2 rings (SSSR count). The van der Waals surface area contributed by atoms with Crippen molar-refractivity contribution in [3.05, 3.63) is 33.3 Å². The molecule has 0 saturated heterocycles. The Kier molecular flexibility index (Phi) is 3.76. The normalized spacial score (nSPS) is 10.7. The van der Waals surface area contributed by atoms with Crippen LogP contribution < -0.4 is 5.32 Å². The van der Waals surface area contributed by atoms with Crippen molar-refractivity contribution in [1.82, 2.24) is 15.5 Å². The van der Waals surface area contributed by atoms with Crippen molar-refractivity contribution >= 4 is 34.5 Å². The van der Waals surface area contributed by atoms with Crippen LogP contribution in [0.15, 0.2) is 18.2 Å². The van der Waals surface area contributed by atoms with Crippen LogP contribution in [-0.2, 0) is 6.54 Å². The smallest absolute Gasteiger partial charge is 0.149 e. The van der Waals surface area contributed by atoms with Crippen molar-refractivity contribution in [3.63, 3.8) is 0 Å². The van der Waals surface area contributed by atoms with Gasteiger partial charge in [0.15, 0.2) is 0 Å². The molecule has 0 fully saturated rings. The Morgan fingerprint density at radius 1 is 1.31 bits per heavy atom. The van der Waals surface area contributed by atoms with Gasteiger partial charge in [0.25, 0.3) is 0 Å². The molecule has 84 valence electrons. The number of aromatic nitrogens is 2. The summed E-state index contributed by atoms with van der Waals surface area (Å²) in [4.78, 5) is 0. The Balaban J connectivity index is 2.35. The molecule has 1 aromatic heterocycles. The minimum absolute atomic E-state index is 0.597. The Bertz CT molecular complexity index is 499. The first-order chi connectivity index (χ1) is 7.70. The lowest BCUT2D eigenvalue weighted by Gasteiger charge is -1.99. The predicted molar refractivity (Wildman–Crippen MR) is 68.1 cm³/mol. The van der Waals surface area contributed by atoms with E-state index in [1.807, 2.05) is 13.1 Å². The summed E-state index contributed by atoms with van der Waals surface area (Å²) >= 11 is 13.4. The quantitative estimate of drug-likeness (QED) is 0.933. The summed E-state index contributed by atoms with van der Waals surface area (Å²) in [6.07, 6.45) is 0. The number of halogens is 2. The van der Waals surface area contributed by atoms with Crippen LogP contribution in [0.2, 0.25) is 10.0 Å². The highest BCUT2D eigenvalue weighted by atomic mass is 35.5. The third-order valence-electron chi connectivity index (χ3n) is 1.96. The van der Waals surface area contributed by atoms with Gasteiger partial charge in [-0.3, -0.25) is 0 Å². The summed E-state index contributed by atoms with van der Waals surface area (Å²) in [5.41, 5.74) is 0.867. The zero-order chi connectivity index (χ0) is 11.5. The van der Waals surface area contributed by atoms with Gasteiger partial charge in [-0.25, -0.2) is 0 Å². The number of nitrogens with one attached hydrogen (secondary N) is 1. The van der Waals surface area contributed by atoms with E-state index in [0.29, 0.717) is 16.6 Å². The van der Waals surface area contributed by atoms with Gasteiger partial charge in [0.05, 0.1) is 5.02 Å². The van der Waals surface area contributed by atoms with E-state index in [2.05, 4.69) is 15.5 Å². The zero-order valence-electron chi connectivity index (χ0n) is 8.50. The van der Waals surface area contributed by atoms with E-state index >= 15 is 0 Å². The van der Waals surface area contributed by atoms with Crippen LogP contribution >= 0.6 is 34.5 Å². The van der Waals surface area contributed by atoms with Gasteiger partial charge in [-0.2, -0.15) is 0 Å². The second kappa shape index (κ2) is 5.10. The first kappa shape index (κ1) is 11.8. The maximum Gasteiger partial charge on any atom is 0.149 e. The fourth-order valence-electron chi connectivity index (χ4n) is 1.25. The summed E-state index contributed by atoms with van der Waals surface area (Å²) in [6, 6.07) is 5.35. The molecule has 0 unspecified atom stereocenters. The van der Waals surface area contributed by atoms with Gasteiger partial charge in [-0.05, 0) is 25.2 Å². The first-order valence-electron chi connectivity index (χ1n) is 4.63. The van der Waals surface area contributed by atoms with E-state index in [9.17, 15) is 0 Å². The summed E-state index contributed by atoms with van der Waals surface area (Å²) in [7, 11) is 1.87. The first-order valence-corrected chi connectivity index (χ1v) is 6.20. The lowest BCUT2D eigenvalue weighted by atomic mass is 10.2. The van der Waals surface area contributed by atoms with Crippen LogP contribution in [0.25, 0.3) is 10.6 Å². The van der Waals surface area contributed by atoms with Crippen molar-refractivity contribution in [2.75, 3.05) is 7.05 Å². The molecule has 0 bridgehead atoms. The molecule has 0 atom stereocenters. The van der Waals surface area contributed by atoms with E-state index in [4.69, 9.17) is 23.2 Å². The summed E-state index contributed by atoms with van der Waals surface area (Å²) in [5.74, 6) is 0. The largest absolute Gasteiger partial charge is 0.313 e. The Labute approximate surface area is 107 Å². The number of benzene rings is 1. The second-order valence-corrected chi connectivity index (χ2v) is 5.06. The molecule has 0 spiro atoms. The van der Waals surface area contributed by atoms with E-state index in [-0.39, 0.29) is 0 Å².